The van der Waals surface area contributed by atoms with Gasteiger partial charge in [-0.25, -0.2) is 0 Å². The van der Waals surface area contributed by atoms with Crippen molar-refractivity contribution in [1.29, 1.82) is 0 Å². The van der Waals surface area contributed by atoms with Crippen LogP contribution in [0.4, 0.5) is 14.5 Å². The number of halogens is 2. The zero-order valence-corrected chi connectivity index (χ0v) is 12.5. The van der Waals surface area contributed by atoms with Crippen molar-refractivity contribution in [2.24, 2.45) is 0 Å². The van der Waals surface area contributed by atoms with Crippen LogP contribution in [0.15, 0.2) is 42.5 Å². The number of para-hydroxylation sites is 2. The molecule has 0 aromatic heterocycles. The zero-order chi connectivity index (χ0) is 16.4. The van der Waals surface area contributed by atoms with Crippen LogP contribution in [0.1, 0.15) is 15.9 Å². The summed E-state index contributed by atoms with van der Waals surface area (Å²) < 4.78 is 35.0. The number of ether oxygens (including phenoxy) is 2. The molecular formula is C17H15F2NO3. The van der Waals surface area contributed by atoms with E-state index in [1.807, 2.05) is 24.3 Å². The van der Waals surface area contributed by atoms with E-state index in [9.17, 15) is 13.6 Å². The first-order valence-electron chi connectivity index (χ1n) is 7.13. The molecule has 0 unspecified atom stereocenters. The number of nitrogens with zero attached hydrogens (tertiary/aromatic N) is 1. The van der Waals surface area contributed by atoms with E-state index >= 15 is 0 Å². The normalized spacial score (nSPS) is 13.1. The van der Waals surface area contributed by atoms with E-state index in [-0.39, 0.29) is 23.0 Å². The summed E-state index contributed by atoms with van der Waals surface area (Å²) in [6.07, 6.45) is 0.733. The number of alkyl halides is 2. The second-order valence-electron chi connectivity index (χ2n) is 5.05. The highest BCUT2D eigenvalue weighted by Gasteiger charge is 2.29. The summed E-state index contributed by atoms with van der Waals surface area (Å²) in [5.41, 5.74) is 1.91. The summed E-state index contributed by atoms with van der Waals surface area (Å²) in [7, 11) is 1.34. The van der Waals surface area contributed by atoms with Gasteiger partial charge in [0, 0.05) is 12.2 Å². The predicted octanol–water partition coefficient (Wildman–Crippen LogP) is 3.50. The first-order valence-corrected chi connectivity index (χ1v) is 7.13. The van der Waals surface area contributed by atoms with Gasteiger partial charge in [-0.05, 0) is 30.2 Å². The van der Waals surface area contributed by atoms with Crippen molar-refractivity contribution in [2.45, 2.75) is 13.0 Å². The van der Waals surface area contributed by atoms with Crippen LogP contribution in [-0.2, 0) is 6.42 Å². The molecule has 4 nitrogen and oxygen atoms in total. The Labute approximate surface area is 132 Å². The maximum absolute atomic E-state index is 12.8. The fourth-order valence-electron chi connectivity index (χ4n) is 2.75. The van der Waals surface area contributed by atoms with Crippen molar-refractivity contribution in [3.05, 3.63) is 53.6 Å². The lowest BCUT2D eigenvalue weighted by Crippen LogP contribution is -2.29. The quantitative estimate of drug-likeness (QED) is 0.866. The second kappa shape index (κ2) is 6.24. The van der Waals surface area contributed by atoms with Crippen molar-refractivity contribution < 1.29 is 23.0 Å². The molecule has 2 aromatic rings. The summed E-state index contributed by atoms with van der Waals surface area (Å²) >= 11 is 0. The Kier molecular flexibility index (Phi) is 4.14. The first kappa shape index (κ1) is 15.3. The number of hydrogen-bond donors (Lipinski definition) is 0. The number of carbonyl (C=O) groups is 1. The molecule has 0 saturated heterocycles. The number of amides is 1. The van der Waals surface area contributed by atoms with Crippen LogP contribution < -0.4 is 14.4 Å². The Balaban J connectivity index is 2.00. The maximum atomic E-state index is 12.8. The Bertz CT molecular complexity index is 734. The SMILES string of the molecule is COc1cccc(C(=O)N2CCc3ccccc32)c1OC(F)F. The van der Waals surface area contributed by atoms with Crippen LogP contribution in [0.2, 0.25) is 0 Å². The predicted molar refractivity (Wildman–Crippen MR) is 81.4 cm³/mol. The number of fused-ring (bicyclic) bond motifs is 1. The largest absolute Gasteiger partial charge is 0.493 e. The van der Waals surface area contributed by atoms with Gasteiger partial charge in [-0.3, -0.25) is 4.79 Å². The average molecular weight is 319 g/mol. The minimum Gasteiger partial charge on any atom is -0.493 e. The van der Waals surface area contributed by atoms with E-state index in [0.29, 0.717) is 6.54 Å². The standard InChI is InChI=1S/C17H15F2NO3/c1-22-14-8-4-6-12(15(14)23-17(18)19)16(21)20-10-9-11-5-2-3-7-13(11)20/h2-8,17H,9-10H2,1H3. The van der Waals surface area contributed by atoms with E-state index in [1.54, 1.807) is 11.0 Å². The van der Waals surface area contributed by atoms with Gasteiger partial charge in [0.1, 0.15) is 0 Å². The molecule has 0 atom stereocenters. The van der Waals surface area contributed by atoms with Crippen molar-refractivity contribution in [3.63, 3.8) is 0 Å². The molecule has 3 rings (SSSR count). The van der Waals surface area contributed by atoms with Gasteiger partial charge in [0.15, 0.2) is 11.5 Å². The lowest BCUT2D eigenvalue weighted by molar-refractivity contribution is -0.0515. The minimum absolute atomic E-state index is 0.0568. The molecule has 1 aliphatic heterocycles. The number of anilines is 1. The molecule has 0 N–H and O–H groups in total. The van der Waals surface area contributed by atoms with Crippen molar-refractivity contribution >= 4 is 11.6 Å². The summed E-state index contributed by atoms with van der Waals surface area (Å²) in [6.45, 7) is -2.53. The molecule has 120 valence electrons. The maximum Gasteiger partial charge on any atom is 0.387 e. The highest BCUT2D eigenvalue weighted by molar-refractivity contribution is 6.09. The number of rotatable bonds is 4. The third kappa shape index (κ3) is 2.84. The number of benzene rings is 2. The van der Waals surface area contributed by atoms with Gasteiger partial charge in [-0.15, -0.1) is 0 Å². The summed E-state index contributed by atoms with van der Waals surface area (Å²) in [6, 6.07) is 12.1. The third-order valence-electron chi connectivity index (χ3n) is 3.77. The molecule has 6 heteroatoms. The van der Waals surface area contributed by atoms with Crippen LogP contribution in [0.5, 0.6) is 11.5 Å². The van der Waals surface area contributed by atoms with Crippen LogP contribution >= 0.6 is 0 Å². The highest BCUT2D eigenvalue weighted by Crippen LogP contribution is 2.36. The minimum atomic E-state index is -3.04. The van der Waals surface area contributed by atoms with Gasteiger partial charge in [-0.2, -0.15) is 8.78 Å². The number of hydrogen-bond acceptors (Lipinski definition) is 3. The monoisotopic (exact) mass is 319 g/mol. The van der Waals surface area contributed by atoms with E-state index in [0.717, 1.165) is 17.7 Å². The average Bonchev–Trinajstić information content (AvgIpc) is 2.98. The van der Waals surface area contributed by atoms with E-state index in [1.165, 1.54) is 19.2 Å². The molecule has 0 saturated carbocycles. The fourth-order valence-corrected chi connectivity index (χ4v) is 2.75. The van der Waals surface area contributed by atoms with Crippen LogP contribution in [0.25, 0.3) is 0 Å². The Morgan fingerprint density at radius 1 is 1.17 bits per heavy atom. The Morgan fingerprint density at radius 2 is 1.96 bits per heavy atom. The molecule has 0 fully saturated rings. The molecule has 23 heavy (non-hydrogen) atoms. The van der Waals surface area contributed by atoms with Gasteiger partial charge < -0.3 is 14.4 Å². The van der Waals surface area contributed by atoms with Crippen LogP contribution in [-0.4, -0.2) is 26.2 Å². The first-order chi connectivity index (χ1) is 11.1. The molecular weight excluding hydrogens is 304 g/mol. The molecule has 0 spiro atoms. The van der Waals surface area contributed by atoms with Crippen molar-refractivity contribution in [1.82, 2.24) is 0 Å². The van der Waals surface area contributed by atoms with Gasteiger partial charge in [0.2, 0.25) is 0 Å². The zero-order valence-electron chi connectivity index (χ0n) is 12.5. The topological polar surface area (TPSA) is 38.8 Å². The number of carbonyl (C=O) groups excluding carboxylic acids is 1. The molecule has 1 heterocycles. The van der Waals surface area contributed by atoms with E-state index in [2.05, 4.69) is 4.74 Å². The lowest BCUT2D eigenvalue weighted by Gasteiger charge is -2.20. The molecule has 1 aliphatic rings. The van der Waals surface area contributed by atoms with Crippen LogP contribution in [0.3, 0.4) is 0 Å². The smallest absolute Gasteiger partial charge is 0.387 e. The van der Waals surface area contributed by atoms with Gasteiger partial charge >= 0.3 is 6.61 Å². The summed E-state index contributed by atoms with van der Waals surface area (Å²) in [5.74, 6) is -0.521. The molecule has 1 amide bonds. The van der Waals surface area contributed by atoms with Gasteiger partial charge in [-0.1, -0.05) is 24.3 Å². The Morgan fingerprint density at radius 3 is 2.70 bits per heavy atom. The molecule has 0 bridgehead atoms. The van der Waals surface area contributed by atoms with Crippen molar-refractivity contribution in [3.8, 4) is 11.5 Å². The summed E-state index contributed by atoms with van der Waals surface area (Å²) in [5, 5.41) is 0. The molecule has 0 radical (unpaired) electrons. The highest BCUT2D eigenvalue weighted by atomic mass is 19.3. The Hall–Kier alpha value is -2.63. The van der Waals surface area contributed by atoms with E-state index < -0.39 is 6.61 Å². The summed E-state index contributed by atoms with van der Waals surface area (Å²) in [4.78, 5) is 14.4. The van der Waals surface area contributed by atoms with Crippen molar-refractivity contribution in [2.75, 3.05) is 18.6 Å². The third-order valence-corrected chi connectivity index (χ3v) is 3.77. The molecule has 0 aliphatic carbocycles. The fraction of sp³-hybridized carbons (Fsp3) is 0.235. The van der Waals surface area contributed by atoms with E-state index in [4.69, 9.17) is 4.74 Å². The van der Waals surface area contributed by atoms with Gasteiger partial charge in [0.25, 0.3) is 5.91 Å². The van der Waals surface area contributed by atoms with Crippen LogP contribution in [0, 0.1) is 0 Å². The lowest BCUT2D eigenvalue weighted by atomic mass is 10.1. The number of methoxy groups -OCH3 is 1. The molecule has 2 aromatic carbocycles. The second-order valence-corrected chi connectivity index (χ2v) is 5.05. The van der Waals surface area contributed by atoms with Gasteiger partial charge in [0.05, 0.1) is 12.7 Å².